The number of nitrogens with zero attached hydrogens (tertiary/aromatic N) is 2. The van der Waals surface area contributed by atoms with Gasteiger partial charge in [0.1, 0.15) is 0 Å². The van der Waals surface area contributed by atoms with Crippen LogP contribution in [-0.2, 0) is 20.5 Å². The van der Waals surface area contributed by atoms with E-state index in [1.54, 1.807) is 0 Å². The largest absolute Gasteiger partial charge is 0.416 e. The van der Waals surface area contributed by atoms with E-state index in [1.165, 1.54) is 18.3 Å². The molecule has 2 aromatic carbocycles. The molecule has 154 valence electrons. The maximum Gasteiger partial charge on any atom is 0.416 e. The van der Waals surface area contributed by atoms with Gasteiger partial charge in [-0.05, 0) is 42.0 Å². The summed E-state index contributed by atoms with van der Waals surface area (Å²) in [5, 5.41) is 6.19. The topological polar surface area (TPSA) is 63.2 Å². The monoisotopic (exact) mass is 407 g/mol. The number of nitrogens with one attached hydrogen (secondary N) is 1. The van der Waals surface area contributed by atoms with E-state index in [2.05, 4.69) is 15.4 Å². The second-order valence-corrected chi connectivity index (χ2v) is 6.32. The number of hydrogen-bond donors (Lipinski definition) is 1. The van der Waals surface area contributed by atoms with E-state index in [0.717, 1.165) is 36.5 Å². The van der Waals surface area contributed by atoms with Gasteiger partial charge >= 0.3 is 6.18 Å². The van der Waals surface area contributed by atoms with Gasteiger partial charge in [0.15, 0.2) is 6.61 Å². The molecule has 0 atom stereocenters. The Morgan fingerprint density at radius 2 is 1.76 bits per heavy atom. The molecule has 1 amide bonds. The lowest BCUT2D eigenvalue weighted by Gasteiger charge is -2.28. The molecular weight excluding hydrogens is 387 g/mol. The van der Waals surface area contributed by atoms with Gasteiger partial charge in [-0.25, -0.2) is 0 Å². The van der Waals surface area contributed by atoms with Gasteiger partial charge in [0, 0.05) is 24.5 Å². The van der Waals surface area contributed by atoms with Crippen molar-refractivity contribution in [2.75, 3.05) is 43.1 Å². The van der Waals surface area contributed by atoms with Crippen LogP contribution in [0.4, 0.5) is 24.5 Å². The Morgan fingerprint density at radius 1 is 1.10 bits per heavy atom. The molecule has 2 aromatic rings. The van der Waals surface area contributed by atoms with Crippen molar-refractivity contribution in [2.24, 2.45) is 5.16 Å². The number of rotatable bonds is 6. The Bertz CT molecular complexity index is 831. The van der Waals surface area contributed by atoms with Crippen LogP contribution in [0.5, 0.6) is 0 Å². The lowest BCUT2D eigenvalue weighted by atomic mass is 10.2. The van der Waals surface area contributed by atoms with E-state index >= 15 is 0 Å². The zero-order valence-corrected chi connectivity index (χ0v) is 15.5. The molecule has 0 unspecified atom stereocenters. The van der Waals surface area contributed by atoms with Gasteiger partial charge in [-0.15, -0.1) is 0 Å². The van der Waals surface area contributed by atoms with Gasteiger partial charge < -0.3 is 19.8 Å². The predicted molar refractivity (Wildman–Crippen MR) is 103 cm³/mol. The SMILES string of the molecule is O=C(CO/N=C/c1ccc(N2CCOCC2)cc1)Nc1ccc(C(F)(F)F)cc1. The lowest BCUT2D eigenvalue weighted by molar-refractivity contribution is -0.137. The fourth-order valence-corrected chi connectivity index (χ4v) is 2.73. The minimum Gasteiger partial charge on any atom is -0.386 e. The number of amides is 1. The van der Waals surface area contributed by atoms with Crippen LogP contribution >= 0.6 is 0 Å². The van der Waals surface area contributed by atoms with Crippen molar-refractivity contribution >= 4 is 23.5 Å². The fraction of sp³-hybridized carbons (Fsp3) is 0.300. The summed E-state index contributed by atoms with van der Waals surface area (Å²) in [5.74, 6) is -0.524. The van der Waals surface area contributed by atoms with Crippen LogP contribution in [0.3, 0.4) is 0 Å². The number of alkyl halides is 3. The van der Waals surface area contributed by atoms with E-state index < -0.39 is 17.6 Å². The number of carbonyl (C=O) groups excluding carboxylic acids is 1. The molecule has 0 aromatic heterocycles. The second-order valence-electron chi connectivity index (χ2n) is 6.32. The molecule has 0 radical (unpaired) electrons. The first kappa shape index (κ1) is 20.7. The number of carbonyl (C=O) groups is 1. The molecule has 0 saturated carbocycles. The summed E-state index contributed by atoms with van der Waals surface area (Å²) in [5.41, 5.74) is 1.37. The number of morpholine rings is 1. The number of benzene rings is 2. The smallest absolute Gasteiger partial charge is 0.386 e. The molecule has 1 aliphatic heterocycles. The lowest BCUT2D eigenvalue weighted by Crippen LogP contribution is -2.36. The van der Waals surface area contributed by atoms with Crippen LogP contribution in [0.15, 0.2) is 53.7 Å². The van der Waals surface area contributed by atoms with Crippen molar-refractivity contribution in [3.8, 4) is 0 Å². The molecule has 1 saturated heterocycles. The van der Waals surface area contributed by atoms with E-state index in [-0.39, 0.29) is 12.3 Å². The molecule has 1 aliphatic rings. The standard InChI is InChI=1S/C20H20F3N3O3/c21-20(22,23)16-3-5-17(6-4-16)25-19(27)14-29-24-13-15-1-7-18(8-2-15)26-9-11-28-12-10-26/h1-8,13H,9-12,14H2,(H,25,27)/b24-13+. The highest BCUT2D eigenvalue weighted by molar-refractivity contribution is 5.91. The van der Waals surface area contributed by atoms with Gasteiger partial charge in [0.2, 0.25) is 0 Å². The van der Waals surface area contributed by atoms with Crippen LogP contribution in [0, 0.1) is 0 Å². The predicted octanol–water partition coefficient (Wildman–Crippen LogP) is 3.53. The maximum absolute atomic E-state index is 12.5. The molecule has 9 heteroatoms. The van der Waals surface area contributed by atoms with Crippen molar-refractivity contribution in [1.29, 1.82) is 0 Å². The third-order valence-corrected chi connectivity index (χ3v) is 4.24. The van der Waals surface area contributed by atoms with Crippen molar-refractivity contribution in [3.63, 3.8) is 0 Å². The molecule has 1 heterocycles. The summed E-state index contributed by atoms with van der Waals surface area (Å²) < 4.78 is 42.9. The molecule has 1 fully saturated rings. The molecule has 29 heavy (non-hydrogen) atoms. The fourth-order valence-electron chi connectivity index (χ4n) is 2.73. The maximum atomic E-state index is 12.5. The van der Waals surface area contributed by atoms with Crippen molar-refractivity contribution < 1.29 is 27.5 Å². The minimum atomic E-state index is -4.42. The first-order chi connectivity index (χ1) is 13.9. The van der Waals surface area contributed by atoms with Crippen LogP contribution in [0.25, 0.3) is 0 Å². The van der Waals surface area contributed by atoms with Crippen LogP contribution in [-0.4, -0.2) is 45.0 Å². The molecule has 0 spiro atoms. The van der Waals surface area contributed by atoms with Gasteiger partial charge in [-0.1, -0.05) is 17.3 Å². The second kappa shape index (κ2) is 9.42. The van der Waals surface area contributed by atoms with Gasteiger partial charge in [0.25, 0.3) is 5.91 Å². The summed E-state index contributed by atoms with van der Waals surface area (Å²) in [4.78, 5) is 19.0. The van der Waals surface area contributed by atoms with Gasteiger partial charge in [0.05, 0.1) is 25.0 Å². The van der Waals surface area contributed by atoms with Crippen LogP contribution in [0.2, 0.25) is 0 Å². The van der Waals surface area contributed by atoms with Gasteiger partial charge in [-0.3, -0.25) is 4.79 Å². The Balaban J connectivity index is 1.43. The first-order valence-electron chi connectivity index (χ1n) is 8.97. The first-order valence-corrected chi connectivity index (χ1v) is 8.97. The third kappa shape index (κ3) is 6.21. The molecular formula is C20H20F3N3O3. The highest BCUT2D eigenvalue weighted by Gasteiger charge is 2.29. The number of hydrogen-bond acceptors (Lipinski definition) is 5. The molecule has 1 N–H and O–H groups in total. The minimum absolute atomic E-state index is 0.245. The third-order valence-electron chi connectivity index (χ3n) is 4.24. The number of ether oxygens (including phenoxy) is 1. The van der Waals surface area contributed by atoms with Crippen molar-refractivity contribution in [2.45, 2.75) is 6.18 Å². The Kier molecular flexibility index (Phi) is 6.71. The molecule has 0 aliphatic carbocycles. The average molecular weight is 407 g/mol. The van der Waals surface area contributed by atoms with Crippen LogP contribution in [0.1, 0.15) is 11.1 Å². The summed E-state index contributed by atoms with van der Waals surface area (Å²) in [6, 6.07) is 11.9. The summed E-state index contributed by atoms with van der Waals surface area (Å²) >= 11 is 0. The zero-order valence-electron chi connectivity index (χ0n) is 15.5. The Labute approximate surface area is 165 Å². The number of oxime groups is 1. The zero-order chi connectivity index (χ0) is 20.7. The molecule has 0 bridgehead atoms. The van der Waals surface area contributed by atoms with Crippen molar-refractivity contribution in [1.82, 2.24) is 0 Å². The summed E-state index contributed by atoms with van der Waals surface area (Å²) in [6.07, 6.45) is -2.94. The Hall–Kier alpha value is -3.07. The molecule has 3 rings (SSSR count). The summed E-state index contributed by atoms with van der Waals surface area (Å²) in [7, 11) is 0. The van der Waals surface area contributed by atoms with Crippen LogP contribution < -0.4 is 10.2 Å². The van der Waals surface area contributed by atoms with E-state index in [1.807, 2.05) is 24.3 Å². The van der Waals surface area contributed by atoms with E-state index in [9.17, 15) is 18.0 Å². The van der Waals surface area contributed by atoms with Crippen molar-refractivity contribution in [3.05, 3.63) is 59.7 Å². The van der Waals surface area contributed by atoms with Gasteiger partial charge in [-0.2, -0.15) is 13.2 Å². The molecule has 6 nitrogen and oxygen atoms in total. The average Bonchev–Trinajstić information content (AvgIpc) is 2.72. The highest BCUT2D eigenvalue weighted by atomic mass is 19.4. The Morgan fingerprint density at radius 3 is 2.38 bits per heavy atom. The number of anilines is 2. The number of halogens is 3. The van der Waals surface area contributed by atoms with E-state index in [4.69, 9.17) is 9.57 Å². The van der Waals surface area contributed by atoms with E-state index in [0.29, 0.717) is 13.2 Å². The normalized spacial score (nSPS) is 14.8. The summed E-state index contributed by atoms with van der Waals surface area (Å²) in [6.45, 7) is 2.77. The quantitative estimate of drug-likeness (QED) is 0.588. The highest BCUT2D eigenvalue weighted by Crippen LogP contribution is 2.29.